The van der Waals surface area contributed by atoms with Gasteiger partial charge in [-0.05, 0) is 25.2 Å². The number of benzene rings is 2. The maximum atomic E-state index is 11.7. The molecule has 0 aliphatic rings. The molecular formula is C17H19NO2. The molecule has 0 amide bonds. The highest BCUT2D eigenvalue weighted by Gasteiger charge is 2.32. The number of carbonyl (C=O) groups is 1. The number of hydrogen-bond acceptors (Lipinski definition) is 2. The topological polar surface area (TPSA) is 40.5 Å². The van der Waals surface area contributed by atoms with Crippen LogP contribution in [0.3, 0.4) is 0 Å². The van der Waals surface area contributed by atoms with Crippen LogP contribution in [0.1, 0.15) is 17.0 Å². The van der Waals surface area contributed by atoms with E-state index in [-0.39, 0.29) is 5.92 Å². The normalized spacial score (nSPS) is 12.6. The predicted molar refractivity (Wildman–Crippen MR) is 79.8 cm³/mol. The predicted octanol–water partition coefficient (Wildman–Crippen LogP) is 2.83. The van der Waals surface area contributed by atoms with Gasteiger partial charge >= 0.3 is 5.97 Å². The molecule has 2 aromatic carbocycles. The van der Waals surface area contributed by atoms with Crippen molar-refractivity contribution in [2.75, 3.05) is 14.1 Å². The van der Waals surface area contributed by atoms with Crippen LogP contribution in [0.5, 0.6) is 0 Å². The minimum atomic E-state index is -0.812. The average molecular weight is 269 g/mol. The minimum absolute atomic E-state index is 0.190. The minimum Gasteiger partial charge on any atom is -0.480 e. The maximum Gasteiger partial charge on any atom is 0.321 e. The van der Waals surface area contributed by atoms with E-state index >= 15 is 0 Å². The van der Waals surface area contributed by atoms with E-state index in [9.17, 15) is 9.90 Å². The third kappa shape index (κ3) is 3.06. The molecule has 2 rings (SSSR count). The smallest absolute Gasteiger partial charge is 0.321 e. The van der Waals surface area contributed by atoms with Crippen molar-refractivity contribution in [3.8, 4) is 0 Å². The zero-order valence-electron chi connectivity index (χ0n) is 11.7. The molecule has 0 heterocycles. The van der Waals surface area contributed by atoms with Gasteiger partial charge in [0.2, 0.25) is 0 Å². The Kier molecular flexibility index (Phi) is 4.53. The molecule has 0 bridgehead atoms. The first-order chi connectivity index (χ1) is 9.61. The number of hydrogen-bond donors (Lipinski definition) is 1. The van der Waals surface area contributed by atoms with Crippen LogP contribution >= 0.6 is 0 Å². The van der Waals surface area contributed by atoms with E-state index in [0.29, 0.717) is 0 Å². The zero-order chi connectivity index (χ0) is 14.5. The van der Waals surface area contributed by atoms with Crippen LogP contribution in [-0.4, -0.2) is 36.1 Å². The summed E-state index contributed by atoms with van der Waals surface area (Å²) in [6, 6.07) is 19.0. The second-order valence-electron chi connectivity index (χ2n) is 5.05. The SMILES string of the molecule is CN(C)[C@@H](C(=O)O)C(c1ccccc1)c1ccccc1. The van der Waals surface area contributed by atoms with Gasteiger partial charge in [-0.25, -0.2) is 0 Å². The van der Waals surface area contributed by atoms with Crippen molar-refractivity contribution in [1.29, 1.82) is 0 Å². The van der Waals surface area contributed by atoms with Gasteiger partial charge in [-0.15, -0.1) is 0 Å². The molecule has 1 atom stereocenters. The summed E-state index contributed by atoms with van der Waals surface area (Å²) in [6.07, 6.45) is 0. The van der Waals surface area contributed by atoms with E-state index in [1.54, 1.807) is 19.0 Å². The van der Waals surface area contributed by atoms with E-state index in [1.807, 2.05) is 60.7 Å². The number of carboxylic acid groups (broad SMARTS) is 1. The monoisotopic (exact) mass is 269 g/mol. The molecule has 0 unspecified atom stereocenters. The molecule has 3 nitrogen and oxygen atoms in total. The van der Waals surface area contributed by atoms with Crippen molar-refractivity contribution in [1.82, 2.24) is 4.90 Å². The standard InChI is InChI=1S/C17H19NO2/c1-18(2)16(17(19)20)15(13-9-5-3-6-10-13)14-11-7-4-8-12-14/h3-12,15-16H,1-2H3,(H,19,20)/t16-/m1/s1. The van der Waals surface area contributed by atoms with Crippen LogP contribution in [0.15, 0.2) is 60.7 Å². The lowest BCUT2D eigenvalue weighted by Crippen LogP contribution is -2.41. The summed E-state index contributed by atoms with van der Waals surface area (Å²) in [5.41, 5.74) is 2.03. The fourth-order valence-electron chi connectivity index (χ4n) is 2.54. The van der Waals surface area contributed by atoms with Crippen molar-refractivity contribution in [3.05, 3.63) is 71.8 Å². The Bertz CT molecular complexity index is 512. The van der Waals surface area contributed by atoms with Crippen LogP contribution in [-0.2, 0) is 4.79 Å². The summed E-state index contributed by atoms with van der Waals surface area (Å²) >= 11 is 0. The lowest BCUT2D eigenvalue weighted by molar-refractivity contribution is -0.142. The van der Waals surface area contributed by atoms with Crippen molar-refractivity contribution < 1.29 is 9.90 Å². The van der Waals surface area contributed by atoms with E-state index < -0.39 is 12.0 Å². The van der Waals surface area contributed by atoms with Gasteiger partial charge in [-0.3, -0.25) is 9.69 Å². The molecule has 0 aromatic heterocycles. The van der Waals surface area contributed by atoms with Gasteiger partial charge in [0.25, 0.3) is 0 Å². The van der Waals surface area contributed by atoms with Crippen LogP contribution in [0.2, 0.25) is 0 Å². The zero-order valence-corrected chi connectivity index (χ0v) is 11.7. The molecule has 0 radical (unpaired) electrons. The highest BCUT2D eigenvalue weighted by atomic mass is 16.4. The largest absolute Gasteiger partial charge is 0.480 e. The Morgan fingerprint density at radius 2 is 1.30 bits per heavy atom. The molecule has 0 saturated heterocycles. The molecular weight excluding hydrogens is 250 g/mol. The summed E-state index contributed by atoms with van der Waals surface area (Å²) in [6.45, 7) is 0. The van der Waals surface area contributed by atoms with Gasteiger partial charge in [0, 0.05) is 5.92 Å². The van der Waals surface area contributed by atoms with Gasteiger partial charge in [0.05, 0.1) is 0 Å². The molecule has 0 aliphatic heterocycles. The molecule has 20 heavy (non-hydrogen) atoms. The van der Waals surface area contributed by atoms with Crippen molar-refractivity contribution in [2.24, 2.45) is 0 Å². The van der Waals surface area contributed by atoms with E-state index in [2.05, 4.69) is 0 Å². The molecule has 0 saturated carbocycles. The second-order valence-corrected chi connectivity index (χ2v) is 5.05. The first-order valence-corrected chi connectivity index (χ1v) is 6.60. The lowest BCUT2D eigenvalue weighted by Gasteiger charge is -2.29. The van der Waals surface area contributed by atoms with Gasteiger partial charge in [-0.2, -0.15) is 0 Å². The highest BCUT2D eigenvalue weighted by molar-refractivity contribution is 5.76. The van der Waals surface area contributed by atoms with Crippen molar-refractivity contribution >= 4 is 5.97 Å². The quantitative estimate of drug-likeness (QED) is 0.907. The third-order valence-corrected chi connectivity index (χ3v) is 3.44. The molecule has 104 valence electrons. The van der Waals surface area contributed by atoms with Crippen LogP contribution in [0.25, 0.3) is 0 Å². The number of aliphatic carboxylic acids is 1. The fourth-order valence-corrected chi connectivity index (χ4v) is 2.54. The molecule has 0 aliphatic carbocycles. The van der Waals surface area contributed by atoms with Crippen molar-refractivity contribution in [2.45, 2.75) is 12.0 Å². The van der Waals surface area contributed by atoms with Crippen LogP contribution < -0.4 is 0 Å². The lowest BCUT2D eigenvalue weighted by atomic mass is 9.84. The first kappa shape index (κ1) is 14.3. The Hall–Kier alpha value is -2.13. The summed E-state index contributed by atoms with van der Waals surface area (Å²) < 4.78 is 0. The summed E-state index contributed by atoms with van der Waals surface area (Å²) in [4.78, 5) is 13.4. The summed E-state index contributed by atoms with van der Waals surface area (Å²) in [5.74, 6) is -1.00. The molecule has 0 spiro atoms. The van der Waals surface area contributed by atoms with E-state index in [0.717, 1.165) is 11.1 Å². The summed E-state index contributed by atoms with van der Waals surface area (Å²) in [7, 11) is 3.61. The second kappa shape index (κ2) is 6.35. The molecule has 2 aromatic rings. The van der Waals surface area contributed by atoms with Gasteiger partial charge < -0.3 is 5.11 Å². The van der Waals surface area contributed by atoms with Crippen LogP contribution in [0, 0.1) is 0 Å². The van der Waals surface area contributed by atoms with Crippen molar-refractivity contribution in [3.63, 3.8) is 0 Å². The average Bonchev–Trinajstić information content (AvgIpc) is 2.45. The number of rotatable bonds is 5. The number of likely N-dealkylation sites (N-methyl/N-ethyl adjacent to an activating group) is 1. The molecule has 3 heteroatoms. The van der Waals surface area contributed by atoms with Gasteiger partial charge in [0.1, 0.15) is 6.04 Å². The summed E-state index contributed by atoms with van der Waals surface area (Å²) in [5, 5.41) is 9.60. The van der Waals surface area contributed by atoms with Gasteiger partial charge in [-0.1, -0.05) is 60.7 Å². The fraction of sp³-hybridized carbons (Fsp3) is 0.235. The maximum absolute atomic E-state index is 11.7. The number of carboxylic acids is 1. The molecule has 1 N–H and O–H groups in total. The first-order valence-electron chi connectivity index (χ1n) is 6.60. The Morgan fingerprint density at radius 3 is 1.60 bits per heavy atom. The highest BCUT2D eigenvalue weighted by Crippen LogP contribution is 2.30. The van der Waals surface area contributed by atoms with Crippen LogP contribution in [0.4, 0.5) is 0 Å². The Morgan fingerprint density at radius 1 is 0.900 bits per heavy atom. The van der Waals surface area contributed by atoms with Gasteiger partial charge in [0.15, 0.2) is 0 Å². The molecule has 0 fully saturated rings. The number of nitrogens with zero attached hydrogens (tertiary/aromatic N) is 1. The van der Waals surface area contributed by atoms with E-state index in [4.69, 9.17) is 0 Å². The Labute approximate surface area is 119 Å². The Balaban J connectivity index is 2.52. The third-order valence-electron chi connectivity index (χ3n) is 3.44. The van der Waals surface area contributed by atoms with E-state index in [1.165, 1.54) is 0 Å².